The second-order valence-electron chi connectivity index (χ2n) is 7.96. The van der Waals surface area contributed by atoms with Crippen molar-refractivity contribution in [2.24, 2.45) is 10.7 Å². The van der Waals surface area contributed by atoms with Crippen LogP contribution in [0.4, 0.5) is 17.1 Å². The molecule has 168 valence electrons. The van der Waals surface area contributed by atoms with E-state index < -0.39 is 10.0 Å². The van der Waals surface area contributed by atoms with E-state index in [1.54, 1.807) is 48.7 Å². The second-order valence-corrected chi connectivity index (χ2v) is 9.61. The van der Waals surface area contributed by atoms with E-state index in [0.29, 0.717) is 29.1 Å². The Bertz CT molecular complexity index is 1570. The monoisotopic (exact) mass is 461 g/mol. The number of furan rings is 1. The molecule has 5 rings (SSSR count). The van der Waals surface area contributed by atoms with E-state index in [1.807, 2.05) is 48.2 Å². The molecule has 1 aliphatic heterocycles. The van der Waals surface area contributed by atoms with E-state index in [2.05, 4.69) is 9.71 Å². The summed E-state index contributed by atoms with van der Waals surface area (Å²) in [5.74, 6) is 0.537. The first-order valence-corrected chi connectivity index (χ1v) is 11.8. The lowest BCUT2D eigenvalue weighted by molar-refractivity contribution is 0.500. The Labute approximate surface area is 191 Å². The Kier molecular flexibility index (Phi) is 4.98. The van der Waals surface area contributed by atoms with Crippen LogP contribution in [0.5, 0.6) is 0 Å². The van der Waals surface area contributed by atoms with Crippen LogP contribution in [0.2, 0.25) is 0 Å². The minimum atomic E-state index is -3.79. The molecule has 0 amide bonds. The molecule has 33 heavy (non-hydrogen) atoms. The Morgan fingerprint density at radius 1 is 1.06 bits per heavy atom. The molecular weight excluding hydrogens is 438 g/mol. The van der Waals surface area contributed by atoms with E-state index in [1.165, 1.54) is 0 Å². The number of benzene rings is 3. The maximum Gasteiger partial charge on any atom is 0.262 e. The number of fused-ring (bicyclic) bond motifs is 2. The maximum absolute atomic E-state index is 13.2. The van der Waals surface area contributed by atoms with Crippen molar-refractivity contribution < 1.29 is 12.8 Å². The molecule has 9 heteroatoms. The van der Waals surface area contributed by atoms with Gasteiger partial charge < -0.3 is 20.0 Å². The summed E-state index contributed by atoms with van der Waals surface area (Å²) in [6.07, 6.45) is 1.55. The van der Waals surface area contributed by atoms with Gasteiger partial charge >= 0.3 is 0 Å². The number of rotatable bonds is 5. The number of nitrogens with two attached hydrogens (primary N) is 1. The number of sulfonamides is 1. The highest BCUT2D eigenvalue weighted by molar-refractivity contribution is 7.93. The Hall–Kier alpha value is -3.98. The summed E-state index contributed by atoms with van der Waals surface area (Å²) in [7, 11) is 0.106. The van der Waals surface area contributed by atoms with E-state index >= 15 is 0 Å². The van der Waals surface area contributed by atoms with Gasteiger partial charge in [0.05, 0.1) is 16.4 Å². The van der Waals surface area contributed by atoms with Crippen molar-refractivity contribution >= 4 is 43.7 Å². The van der Waals surface area contributed by atoms with Gasteiger partial charge in [-0.1, -0.05) is 18.2 Å². The third-order valence-corrected chi connectivity index (χ3v) is 7.07. The lowest BCUT2D eigenvalue weighted by Crippen LogP contribution is -2.42. The molecule has 8 nitrogen and oxygen atoms in total. The van der Waals surface area contributed by atoms with Gasteiger partial charge in [0, 0.05) is 36.5 Å². The molecule has 0 unspecified atom stereocenters. The van der Waals surface area contributed by atoms with Crippen LogP contribution in [0, 0.1) is 0 Å². The fraction of sp³-hybridized carbons (Fsp3) is 0.125. The van der Waals surface area contributed by atoms with Crippen molar-refractivity contribution in [3.8, 4) is 0 Å². The van der Waals surface area contributed by atoms with Crippen LogP contribution in [0.15, 0.2) is 87.3 Å². The van der Waals surface area contributed by atoms with Crippen LogP contribution in [0.1, 0.15) is 0 Å². The number of anilines is 3. The zero-order valence-corrected chi connectivity index (χ0v) is 19.0. The molecule has 0 saturated heterocycles. The third kappa shape index (κ3) is 3.76. The lowest BCUT2D eigenvalue weighted by atomic mass is 10.1. The van der Waals surface area contributed by atoms with E-state index in [4.69, 9.17) is 10.2 Å². The van der Waals surface area contributed by atoms with E-state index in [0.717, 1.165) is 22.0 Å². The van der Waals surface area contributed by atoms with Gasteiger partial charge in [0.2, 0.25) is 5.55 Å². The smallest absolute Gasteiger partial charge is 0.262 e. The zero-order chi connectivity index (χ0) is 23.2. The van der Waals surface area contributed by atoms with Crippen LogP contribution in [-0.4, -0.2) is 29.2 Å². The Morgan fingerprint density at radius 2 is 1.85 bits per heavy atom. The van der Waals surface area contributed by atoms with Gasteiger partial charge in [-0.15, -0.1) is 0 Å². The topological polar surface area (TPSA) is 104 Å². The van der Waals surface area contributed by atoms with Gasteiger partial charge in [-0.25, -0.2) is 13.4 Å². The van der Waals surface area contributed by atoms with Crippen molar-refractivity contribution in [1.29, 1.82) is 0 Å². The molecule has 0 spiro atoms. The van der Waals surface area contributed by atoms with Crippen molar-refractivity contribution in [2.45, 2.75) is 4.90 Å². The van der Waals surface area contributed by atoms with Gasteiger partial charge in [0.1, 0.15) is 12.5 Å². The largest absolute Gasteiger partial charge is 0.446 e. The maximum atomic E-state index is 13.2. The Balaban J connectivity index is 1.43. The van der Waals surface area contributed by atoms with Gasteiger partial charge in [0.25, 0.3) is 10.0 Å². The summed E-state index contributed by atoms with van der Waals surface area (Å²) in [5.41, 5.74) is 9.05. The summed E-state index contributed by atoms with van der Waals surface area (Å²) in [6.45, 7) is 0.322. The summed E-state index contributed by atoms with van der Waals surface area (Å²) in [4.78, 5) is 8.42. The number of nitrogens with one attached hydrogen (secondary N) is 1. The summed E-state index contributed by atoms with van der Waals surface area (Å²) >= 11 is 0. The third-order valence-electron chi connectivity index (χ3n) is 5.63. The molecule has 1 aliphatic rings. The minimum Gasteiger partial charge on any atom is -0.446 e. The highest BCUT2D eigenvalue weighted by Crippen LogP contribution is 2.29. The van der Waals surface area contributed by atoms with Gasteiger partial charge in [-0.2, -0.15) is 0 Å². The van der Waals surface area contributed by atoms with Gasteiger partial charge in [0.15, 0.2) is 0 Å². The van der Waals surface area contributed by atoms with E-state index in [-0.39, 0.29) is 4.90 Å². The average Bonchev–Trinajstić information content (AvgIpc) is 3.29. The quantitative estimate of drug-likeness (QED) is 0.473. The molecule has 4 aromatic rings. The fourth-order valence-electron chi connectivity index (χ4n) is 3.87. The highest BCUT2D eigenvalue weighted by Gasteiger charge is 2.19. The predicted octanol–water partition coefficient (Wildman–Crippen LogP) is 2.42. The van der Waals surface area contributed by atoms with Crippen molar-refractivity contribution in [1.82, 2.24) is 0 Å². The predicted molar refractivity (Wildman–Crippen MR) is 130 cm³/mol. The van der Waals surface area contributed by atoms with E-state index in [9.17, 15) is 8.42 Å². The molecule has 2 heterocycles. The van der Waals surface area contributed by atoms with Gasteiger partial charge in [-0.05, 0) is 53.9 Å². The fourth-order valence-corrected chi connectivity index (χ4v) is 5.16. The van der Waals surface area contributed by atoms with Crippen LogP contribution in [-0.2, 0) is 10.0 Å². The lowest BCUT2D eigenvalue weighted by Gasteiger charge is -2.24. The molecule has 3 N–H and O–H groups in total. The first kappa shape index (κ1) is 20.9. The summed E-state index contributed by atoms with van der Waals surface area (Å²) < 4.78 is 34.4. The van der Waals surface area contributed by atoms with Crippen molar-refractivity contribution in [2.75, 3.05) is 35.3 Å². The molecule has 3 aromatic carbocycles. The molecule has 0 atom stereocenters. The summed E-state index contributed by atoms with van der Waals surface area (Å²) in [6, 6.07) is 19.8. The SMILES string of the molecule is CN(C)c1ccc2c(S(=O)(=O)Nc3ccc(N4CN=c5occc5=C4N)cc3)cccc2c1. The first-order chi connectivity index (χ1) is 15.8. The molecule has 0 radical (unpaired) electrons. The van der Waals surface area contributed by atoms with Crippen molar-refractivity contribution in [3.63, 3.8) is 0 Å². The van der Waals surface area contributed by atoms with Crippen LogP contribution >= 0.6 is 0 Å². The molecule has 0 bridgehead atoms. The number of hydrogen-bond acceptors (Lipinski definition) is 7. The molecule has 1 aromatic heterocycles. The number of hydrogen-bond donors (Lipinski definition) is 2. The van der Waals surface area contributed by atoms with Gasteiger partial charge in [-0.3, -0.25) is 4.72 Å². The zero-order valence-electron chi connectivity index (χ0n) is 18.2. The van der Waals surface area contributed by atoms with Crippen LogP contribution in [0.3, 0.4) is 0 Å². The van der Waals surface area contributed by atoms with Crippen LogP contribution in [0.25, 0.3) is 16.6 Å². The standard InChI is InChI=1S/C24H23N5O3S/c1-28(2)19-10-11-20-16(14-19)4-3-5-22(20)33(30,31)27-17-6-8-18(9-7-17)29-15-26-24-21(23(29)25)12-13-32-24/h3-14,27H,15,25H2,1-2H3. The molecular formula is C24H23N5O3S. The average molecular weight is 462 g/mol. The number of nitrogens with zero attached hydrogens (tertiary/aromatic N) is 3. The van der Waals surface area contributed by atoms with Crippen molar-refractivity contribution in [3.05, 3.63) is 83.8 Å². The second kappa shape index (κ2) is 7.86. The normalized spacial score (nSPS) is 13.5. The minimum absolute atomic E-state index is 0.231. The summed E-state index contributed by atoms with van der Waals surface area (Å²) in [5, 5.41) is 2.26. The highest BCUT2D eigenvalue weighted by atomic mass is 32.2. The van der Waals surface area contributed by atoms with Crippen LogP contribution < -0.4 is 31.0 Å². The Morgan fingerprint density at radius 3 is 2.61 bits per heavy atom. The first-order valence-electron chi connectivity index (χ1n) is 10.3. The molecule has 0 aliphatic carbocycles. The molecule has 0 saturated carbocycles. The molecule has 0 fully saturated rings.